The fraction of sp³-hybridized carbons (Fsp3) is 0.125. The summed E-state index contributed by atoms with van der Waals surface area (Å²) in [6, 6.07) is 17.5. The molecule has 0 radical (unpaired) electrons. The summed E-state index contributed by atoms with van der Waals surface area (Å²) in [5.74, 6) is 0. The van der Waals surface area contributed by atoms with Crippen LogP contribution in [-0.2, 0) is 4.57 Å². The monoisotopic (exact) mass is 322 g/mol. The van der Waals surface area contributed by atoms with E-state index in [0.29, 0.717) is 0 Å². The number of hydrogen-bond acceptors (Lipinski definition) is 2. The fourth-order valence-electron chi connectivity index (χ4n) is 1.75. The average Bonchev–Trinajstić information content (AvgIpc) is 2.41. The molecule has 0 saturated carbocycles. The molecule has 0 heterocycles. The Morgan fingerprint density at radius 2 is 1.65 bits per heavy atom. The first-order valence-corrected chi connectivity index (χ1v) is 10.1. The van der Waals surface area contributed by atoms with Crippen LogP contribution in [0.4, 0.5) is 0 Å². The van der Waals surface area contributed by atoms with Crippen molar-refractivity contribution in [1.29, 1.82) is 0 Å². The zero-order valence-corrected chi connectivity index (χ0v) is 13.9. The normalized spacial score (nSPS) is 12.4. The minimum Gasteiger partial charge on any atom is -0.319 e. The molecule has 0 aromatic heterocycles. The second kappa shape index (κ2) is 6.67. The first-order valence-electron chi connectivity index (χ1n) is 6.20. The van der Waals surface area contributed by atoms with Gasteiger partial charge in [-0.25, -0.2) is 0 Å². The van der Waals surface area contributed by atoms with Crippen LogP contribution in [0, 0.1) is 0 Å². The summed E-state index contributed by atoms with van der Waals surface area (Å²) in [6.45, 7) is 3.60. The van der Waals surface area contributed by atoms with Gasteiger partial charge in [-0.2, -0.15) is 0 Å². The summed E-state index contributed by atoms with van der Waals surface area (Å²) < 4.78 is 12.5. The molecule has 2 rings (SSSR count). The van der Waals surface area contributed by atoms with Crippen LogP contribution in [-0.4, -0.2) is 13.3 Å². The fourth-order valence-corrected chi connectivity index (χ4v) is 4.50. The van der Waals surface area contributed by atoms with E-state index in [1.165, 1.54) is 0 Å². The van der Waals surface area contributed by atoms with E-state index in [9.17, 15) is 4.57 Å². The Labute approximate surface area is 129 Å². The summed E-state index contributed by atoms with van der Waals surface area (Å²) in [5, 5.41) is 3.61. The van der Waals surface area contributed by atoms with Crippen LogP contribution in [0.3, 0.4) is 0 Å². The largest absolute Gasteiger partial charge is 0.319 e. The molecular formula is C16H16ClOPS. The maximum Gasteiger partial charge on any atom is 0.110 e. The standard InChI is InChI=1S/C16H16ClOPS/c1-19(2,18)16(13-6-4-3-5-7-13)12-20-15-10-8-14(17)9-11-15/h3-12H,1-2H3/b16-12-. The lowest BCUT2D eigenvalue weighted by atomic mass is 10.2. The van der Waals surface area contributed by atoms with E-state index in [2.05, 4.69) is 0 Å². The minimum absolute atomic E-state index is 0.721. The third-order valence-electron chi connectivity index (χ3n) is 2.77. The van der Waals surface area contributed by atoms with Gasteiger partial charge in [0, 0.05) is 15.2 Å². The van der Waals surface area contributed by atoms with Gasteiger partial charge in [-0.15, -0.1) is 0 Å². The Bertz CT molecular complexity index is 644. The van der Waals surface area contributed by atoms with E-state index >= 15 is 0 Å². The Balaban J connectivity index is 2.31. The second-order valence-electron chi connectivity index (χ2n) is 4.79. The molecule has 4 heteroatoms. The van der Waals surface area contributed by atoms with Crippen molar-refractivity contribution in [1.82, 2.24) is 0 Å². The lowest BCUT2D eigenvalue weighted by Gasteiger charge is -2.12. The SMILES string of the molecule is CP(C)(=O)/C(=C\Sc1ccc(Cl)cc1)c1ccccc1. The van der Waals surface area contributed by atoms with Crippen LogP contribution in [0.1, 0.15) is 5.56 Å². The number of thioether (sulfide) groups is 1. The summed E-state index contributed by atoms with van der Waals surface area (Å²) in [5.41, 5.74) is 1.02. The molecule has 104 valence electrons. The Hall–Kier alpha value is -0.950. The highest BCUT2D eigenvalue weighted by atomic mass is 35.5. The van der Waals surface area contributed by atoms with Crippen molar-refractivity contribution >= 4 is 35.8 Å². The van der Waals surface area contributed by atoms with Crippen molar-refractivity contribution in [2.45, 2.75) is 4.90 Å². The maximum absolute atomic E-state index is 12.5. The molecule has 0 aliphatic carbocycles. The van der Waals surface area contributed by atoms with Crippen LogP contribution in [0.25, 0.3) is 5.31 Å². The van der Waals surface area contributed by atoms with Gasteiger partial charge in [-0.05, 0) is 48.6 Å². The highest BCUT2D eigenvalue weighted by Crippen LogP contribution is 2.53. The molecule has 0 N–H and O–H groups in total. The highest BCUT2D eigenvalue weighted by Gasteiger charge is 2.16. The van der Waals surface area contributed by atoms with Crippen molar-refractivity contribution in [2.24, 2.45) is 0 Å². The number of halogens is 1. The average molecular weight is 323 g/mol. The minimum atomic E-state index is -2.33. The van der Waals surface area contributed by atoms with Crippen LogP contribution in [0.5, 0.6) is 0 Å². The van der Waals surface area contributed by atoms with Gasteiger partial charge in [0.05, 0.1) is 0 Å². The van der Waals surface area contributed by atoms with Gasteiger partial charge in [0.15, 0.2) is 0 Å². The molecule has 2 aromatic carbocycles. The molecule has 0 unspecified atom stereocenters. The predicted octanol–water partition coefficient (Wildman–Crippen LogP) is 6.05. The Morgan fingerprint density at radius 1 is 1.05 bits per heavy atom. The van der Waals surface area contributed by atoms with Crippen molar-refractivity contribution < 1.29 is 4.57 Å². The highest BCUT2D eigenvalue weighted by molar-refractivity contribution is 8.02. The first kappa shape index (κ1) is 15.4. The number of hydrogen-bond donors (Lipinski definition) is 0. The molecule has 20 heavy (non-hydrogen) atoms. The van der Waals surface area contributed by atoms with Crippen molar-refractivity contribution in [3.8, 4) is 0 Å². The Kier molecular flexibility index (Phi) is 5.15. The molecule has 0 saturated heterocycles. The van der Waals surface area contributed by atoms with Gasteiger partial charge in [0.1, 0.15) is 7.14 Å². The summed E-state index contributed by atoms with van der Waals surface area (Å²) in [7, 11) is -2.33. The molecule has 0 amide bonds. The topological polar surface area (TPSA) is 17.1 Å². The van der Waals surface area contributed by atoms with E-state index in [1.54, 1.807) is 25.1 Å². The first-order chi connectivity index (χ1) is 9.47. The zero-order chi connectivity index (χ0) is 14.6. The van der Waals surface area contributed by atoms with Crippen LogP contribution in [0.15, 0.2) is 64.9 Å². The summed E-state index contributed by atoms with van der Waals surface area (Å²) in [6.07, 6.45) is 0. The zero-order valence-electron chi connectivity index (χ0n) is 11.4. The van der Waals surface area contributed by atoms with Crippen molar-refractivity contribution in [3.63, 3.8) is 0 Å². The molecule has 2 aromatic rings. The molecule has 0 aliphatic rings. The maximum atomic E-state index is 12.5. The smallest absolute Gasteiger partial charge is 0.110 e. The van der Waals surface area contributed by atoms with Gasteiger partial charge >= 0.3 is 0 Å². The van der Waals surface area contributed by atoms with Crippen LogP contribution < -0.4 is 0 Å². The third-order valence-corrected chi connectivity index (χ3v) is 5.64. The molecular weight excluding hydrogens is 307 g/mol. The lowest BCUT2D eigenvalue weighted by molar-refractivity contribution is 0.589. The van der Waals surface area contributed by atoms with Gasteiger partial charge < -0.3 is 4.57 Å². The predicted molar refractivity (Wildman–Crippen MR) is 91.2 cm³/mol. The lowest BCUT2D eigenvalue weighted by Crippen LogP contribution is -1.84. The molecule has 0 atom stereocenters. The van der Waals surface area contributed by atoms with E-state index in [4.69, 9.17) is 11.6 Å². The molecule has 0 bridgehead atoms. The van der Waals surface area contributed by atoms with E-state index in [0.717, 1.165) is 20.8 Å². The van der Waals surface area contributed by atoms with E-state index < -0.39 is 7.14 Å². The van der Waals surface area contributed by atoms with Crippen molar-refractivity contribution in [2.75, 3.05) is 13.3 Å². The van der Waals surface area contributed by atoms with Gasteiger partial charge in [-0.3, -0.25) is 0 Å². The molecule has 0 spiro atoms. The van der Waals surface area contributed by atoms with Crippen molar-refractivity contribution in [3.05, 3.63) is 70.6 Å². The van der Waals surface area contributed by atoms with Crippen LogP contribution >= 0.6 is 30.5 Å². The number of rotatable bonds is 4. The Morgan fingerprint density at radius 3 is 2.20 bits per heavy atom. The quantitative estimate of drug-likeness (QED) is 0.503. The van der Waals surface area contributed by atoms with Crippen LogP contribution in [0.2, 0.25) is 5.02 Å². The molecule has 0 aliphatic heterocycles. The van der Waals surface area contributed by atoms with Gasteiger partial charge in [0.25, 0.3) is 0 Å². The second-order valence-corrected chi connectivity index (χ2v) is 9.35. The molecule has 0 fully saturated rings. The summed E-state index contributed by atoms with van der Waals surface area (Å²) >= 11 is 7.44. The van der Waals surface area contributed by atoms with Gasteiger partial charge in [-0.1, -0.05) is 53.7 Å². The van der Waals surface area contributed by atoms with E-state index in [1.807, 2.05) is 60.0 Å². The number of benzene rings is 2. The van der Waals surface area contributed by atoms with Gasteiger partial charge in [0.2, 0.25) is 0 Å². The summed E-state index contributed by atoms with van der Waals surface area (Å²) in [4.78, 5) is 1.08. The third kappa shape index (κ3) is 4.28. The molecule has 1 nitrogen and oxygen atoms in total. The van der Waals surface area contributed by atoms with E-state index in [-0.39, 0.29) is 0 Å².